The molecule has 0 aromatic carbocycles. The van der Waals surface area contributed by atoms with E-state index in [1.807, 2.05) is 6.26 Å². The molecule has 0 saturated carbocycles. The molecule has 0 amide bonds. The fourth-order valence-corrected chi connectivity index (χ4v) is 3.85. The van der Waals surface area contributed by atoms with Crippen molar-refractivity contribution >= 4 is 27.8 Å². The number of carboxylic acids is 1. The Kier molecular flexibility index (Phi) is 6.09. The second-order valence-electron chi connectivity index (χ2n) is 4.32. The van der Waals surface area contributed by atoms with Crippen LogP contribution in [0.5, 0.6) is 0 Å². The van der Waals surface area contributed by atoms with Crippen LogP contribution in [-0.4, -0.2) is 38.0 Å². The molecule has 0 bridgehead atoms. The maximum atomic E-state index is 12.2. The van der Waals surface area contributed by atoms with Gasteiger partial charge in [-0.3, -0.25) is 0 Å². The van der Waals surface area contributed by atoms with Gasteiger partial charge in [0.2, 0.25) is 10.0 Å². The van der Waals surface area contributed by atoms with Gasteiger partial charge in [0.15, 0.2) is 0 Å². The summed E-state index contributed by atoms with van der Waals surface area (Å²) in [5.74, 6) is -0.150. The van der Waals surface area contributed by atoms with Crippen LogP contribution in [0.3, 0.4) is 0 Å². The molecule has 0 aliphatic carbocycles. The summed E-state index contributed by atoms with van der Waals surface area (Å²) in [5, 5.41) is 9.11. The Bertz CT molecular complexity index is 577. The molecule has 6 nitrogen and oxygen atoms in total. The van der Waals surface area contributed by atoms with Crippen LogP contribution < -0.4 is 4.72 Å². The maximum absolute atomic E-state index is 12.2. The quantitative estimate of drug-likeness (QED) is 0.711. The molecule has 1 rings (SSSR count). The first kappa shape index (κ1) is 17.1. The number of hydrogen-bond donors (Lipinski definition) is 2. The number of nitrogens with one attached hydrogen (secondary N) is 1. The van der Waals surface area contributed by atoms with Crippen LogP contribution in [0.2, 0.25) is 0 Å². The second-order valence-corrected chi connectivity index (χ2v) is 7.01. The van der Waals surface area contributed by atoms with E-state index in [4.69, 9.17) is 9.52 Å². The Hall–Kier alpha value is -0.990. The first-order valence-electron chi connectivity index (χ1n) is 6.13. The van der Waals surface area contributed by atoms with Gasteiger partial charge in [-0.15, -0.1) is 0 Å². The van der Waals surface area contributed by atoms with Crippen molar-refractivity contribution < 1.29 is 22.7 Å². The van der Waals surface area contributed by atoms with Crippen LogP contribution in [-0.2, 0) is 10.0 Å². The summed E-state index contributed by atoms with van der Waals surface area (Å²) in [6, 6.07) is 0. The Morgan fingerprint density at radius 2 is 1.95 bits per heavy atom. The van der Waals surface area contributed by atoms with Gasteiger partial charge in [-0.1, -0.05) is 0 Å². The molecule has 0 radical (unpaired) electrons. The van der Waals surface area contributed by atoms with E-state index in [9.17, 15) is 13.2 Å². The summed E-state index contributed by atoms with van der Waals surface area (Å²) in [6.07, 6.45) is 3.60. The number of carbonyl (C=O) groups is 1. The highest BCUT2D eigenvalue weighted by molar-refractivity contribution is 7.98. The molecule has 20 heavy (non-hydrogen) atoms. The molecule has 8 heteroatoms. The Morgan fingerprint density at radius 1 is 1.30 bits per heavy atom. The molecular formula is C12H19NO5S2. The molecule has 1 aromatic heterocycles. The van der Waals surface area contributed by atoms with Gasteiger partial charge in [-0.25, -0.2) is 17.9 Å². The van der Waals surface area contributed by atoms with Crippen molar-refractivity contribution in [2.24, 2.45) is 0 Å². The third kappa shape index (κ3) is 4.00. The highest BCUT2D eigenvalue weighted by atomic mass is 32.2. The first-order valence-corrected chi connectivity index (χ1v) is 9.01. The summed E-state index contributed by atoms with van der Waals surface area (Å²) < 4.78 is 31.9. The number of unbranched alkanes of at least 4 members (excludes halogenated alkanes) is 1. The van der Waals surface area contributed by atoms with E-state index in [1.165, 1.54) is 13.8 Å². The van der Waals surface area contributed by atoms with Crippen LogP contribution >= 0.6 is 11.8 Å². The van der Waals surface area contributed by atoms with Crippen LogP contribution in [0.15, 0.2) is 9.31 Å². The van der Waals surface area contributed by atoms with Crippen LogP contribution in [0.25, 0.3) is 0 Å². The lowest BCUT2D eigenvalue weighted by Gasteiger charge is -2.06. The van der Waals surface area contributed by atoms with Crippen LogP contribution in [0, 0.1) is 13.8 Å². The van der Waals surface area contributed by atoms with E-state index in [0.29, 0.717) is 6.42 Å². The number of furan rings is 1. The largest absolute Gasteiger partial charge is 0.478 e. The molecule has 0 aliphatic heterocycles. The number of thioether (sulfide) groups is 1. The topological polar surface area (TPSA) is 96.6 Å². The standard InChI is InChI=1S/C12H19NO5S2/c1-8-10(12(14)15)11(9(2)18-8)20(16,17)13-6-4-5-7-19-3/h13H,4-7H2,1-3H3,(H,14,15). The van der Waals surface area contributed by atoms with Gasteiger partial charge in [-0.05, 0) is 38.7 Å². The molecule has 0 fully saturated rings. The van der Waals surface area contributed by atoms with E-state index >= 15 is 0 Å². The van der Waals surface area contributed by atoms with Crippen molar-refractivity contribution in [1.82, 2.24) is 4.72 Å². The van der Waals surface area contributed by atoms with E-state index < -0.39 is 16.0 Å². The Balaban J connectivity index is 2.90. The van der Waals surface area contributed by atoms with Gasteiger partial charge >= 0.3 is 5.97 Å². The highest BCUT2D eigenvalue weighted by Gasteiger charge is 2.30. The number of carboxylic acid groups (broad SMARTS) is 1. The summed E-state index contributed by atoms with van der Waals surface area (Å²) >= 11 is 1.70. The first-order chi connectivity index (χ1) is 9.31. The lowest BCUT2D eigenvalue weighted by molar-refractivity contribution is 0.0691. The van der Waals surface area contributed by atoms with Gasteiger partial charge in [-0.2, -0.15) is 11.8 Å². The number of sulfonamides is 1. The van der Waals surface area contributed by atoms with Crippen molar-refractivity contribution in [3.63, 3.8) is 0 Å². The second kappa shape index (κ2) is 7.14. The third-order valence-corrected chi connectivity index (χ3v) is 5.07. The van der Waals surface area contributed by atoms with Crippen LogP contribution in [0.1, 0.15) is 34.7 Å². The third-order valence-electron chi connectivity index (χ3n) is 2.75. The van der Waals surface area contributed by atoms with Crippen LogP contribution in [0.4, 0.5) is 0 Å². The zero-order valence-corrected chi connectivity index (χ0v) is 13.4. The van der Waals surface area contributed by atoms with Gasteiger partial charge in [0, 0.05) is 6.54 Å². The van der Waals surface area contributed by atoms with Crippen molar-refractivity contribution in [2.45, 2.75) is 31.6 Å². The number of aryl methyl sites for hydroxylation is 2. The highest BCUT2D eigenvalue weighted by Crippen LogP contribution is 2.26. The minimum absolute atomic E-state index is 0.0940. The Labute approximate surface area is 123 Å². The molecule has 0 unspecified atom stereocenters. The summed E-state index contributed by atoms with van der Waals surface area (Å²) in [7, 11) is -3.86. The lowest BCUT2D eigenvalue weighted by atomic mass is 10.2. The summed E-state index contributed by atoms with van der Waals surface area (Å²) in [6.45, 7) is 3.17. The predicted octanol–water partition coefficient (Wildman–Crippen LogP) is 2.02. The molecule has 2 N–H and O–H groups in total. The molecule has 1 heterocycles. The molecule has 1 aromatic rings. The SMILES string of the molecule is CSCCCCNS(=O)(=O)c1c(C)oc(C)c1C(=O)O. The molecule has 0 saturated heterocycles. The molecule has 0 aliphatic rings. The van der Waals surface area contributed by atoms with Crippen molar-refractivity contribution in [1.29, 1.82) is 0 Å². The molecule has 0 spiro atoms. The molecular weight excluding hydrogens is 302 g/mol. The minimum atomic E-state index is -3.86. The monoisotopic (exact) mass is 321 g/mol. The van der Waals surface area contributed by atoms with Gasteiger partial charge < -0.3 is 9.52 Å². The zero-order valence-electron chi connectivity index (χ0n) is 11.7. The summed E-state index contributed by atoms with van der Waals surface area (Å²) in [4.78, 5) is 10.9. The Morgan fingerprint density at radius 3 is 2.50 bits per heavy atom. The number of aromatic carboxylic acids is 1. The van der Waals surface area contributed by atoms with Crippen molar-refractivity contribution in [2.75, 3.05) is 18.6 Å². The predicted molar refractivity (Wildman–Crippen MR) is 77.9 cm³/mol. The normalized spacial score (nSPS) is 11.8. The summed E-state index contributed by atoms with van der Waals surface area (Å²) in [5.41, 5.74) is -0.292. The molecule has 114 valence electrons. The number of hydrogen-bond acceptors (Lipinski definition) is 5. The van der Waals surface area contributed by atoms with Gasteiger partial charge in [0.1, 0.15) is 22.0 Å². The van der Waals surface area contributed by atoms with Crippen molar-refractivity contribution in [3.05, 3.63) is 17.1 Å². The fourth-order valence-electron chi connectivity index (χ4n) is 1.88. The van der Waals surface area contributed by atoms with E-state index in [1.54, 1.807) is 11.8 Å². The van der Waals surface area contributed by atoms with Gasteiger partial charge in [0.05, 0.1) is 0 Å². The van der Waals surface area contributed by atoms with Gasteiger partial charge in [0.25, 0.3) is 0 Å². The smallest absolute Gasteiger partial charge is 0.340 e. The van der Waals surface area contributed by atoms with E-state index in [0.717, 1.165) is 12.2 Å². The fraction of sp³-hybridized carbons (Fsp3) is 0.583. The average Bonchev–Trinajstić information content (AvgIpc) is 2.64. The lowest BCUT2D eigenvalue weighted by Crippen LogP contribution is -2.26. The zero-order chi connectivity index (χ0) is 15.3. The minimum Gasteiger partial charge on any atom is -0.478 e. The average molecular weight is 321 g/mol. The van der Waals surface area contributed by atoms with Crippen molar-refractivity contribution in [3.8, 4) is 0 Å². The number of rotatable bonds is 8. The molecule has 0 atom stereocenters. The van der Waals surface area contributed by atoms with E-state index in [2.05, 4.69) is 4.72 Å². The van der Waals surface area contributed by atoms with E-state index in [-0.39, 0.29) is 28.5 Å². The maximum Gasteiger partial charge on any atom is 0.340 e.